The van der Waals surface area contributed by atoms with E-state index in [-0.39, 0.29) is 11.5 Å². The van der Waals surface area contributed by atoms with E-state index in [0.29, 0.717) is 15.6 Å². The molecule has 0 amide bonds. The highest BCUT2D eigenvalue weighted by atomic mass is 79.9. The number of imidazole rings is 1. The minimum absolute atomic E-state index is 0.0676. The monoisotopic (exact) mass is 428 g/mol. The van der Waals surface area contributed by atoms with Crippen LogP contribution in [0.25, 0.3) is 11.0 Å². The van der Waals surface area contributed by atoms with Gasteiger partial charge in [-0.15, -0.1) is 11.3 Å². The zero-order valence-electron chi connectivity index (χ0n) is 11.2. The lowest BCUT2D eigenvalue weighted by molar-refractivity contribution is 0.103. The summed E-state index contributed by atoms with van der Waals surface area (Å²) in [5, 5.41) is 1.81. The fourth-order valence-corrected chi connectivity index (χ4v) is 3.93. The van der Waals surface area contributed by atoms with E-state index in [0.717, 1.165) is 14.8 Å². The van der Waals surface area contributed by atoms with Crippen LogP contribution in [0.5, 0.6) is 0 Å². The lowest BCUT2D eigenvalue weighted by Crippen LogP contribution is -2.19. The molecule has 3 rings (SSSR count). The predicted molar refractivity (Wildman–Crippen MR) is 91.3 cm³/mol. The number of nitrogens with zero attached hydrogens (tertiary/aromatic N) is 2. The van der Waals surface area contributed by atoms with E-state index >= 15 is 0 Å². The van der Waals surface area contributed by atoms with Gasteiger partial charge in [0.2, 0.25) is 0 Å². The molecule has 0 saturated carbocycles. The molecule has 0 aliphatic rings. The summed E-state index contributed by atoms with van der Waals surface area (Å²) in [6.45, 7) is 0. The van der Waals surface area contributed by atoms with Crippen LogP contribution in [0.4, 0.5) is 0 Å². The second kappa shape index (κ2) is 5.23. The Morgan fingerprint density at radius 2 is 1.71 bits per heavy atom. The van der Waals surface area contributed by atoms with Gasteiger partial charge >= 0.3 is 5.69 Å². The van der Waals surface area contributed by atoms with Crippen LogP contribution in [0.1, 0.15) is 15.9 Å². The van der Waals surface area contributed by atoms with Gasteiger partial charge in [-0.25, -0.2) is 4.79 Å². The van der Waals surface area contributed by atoms with E-state index in [1.165, 1.54) is 11.3 Å². The summed E-state index contributed by atoms with van der Waals surface area (Å²) in [5.74, 6) is -0.0676. The molecule has 0 unspecified atom stereocenters. The first-order valence-electron chi connectivity index (χ1n) is 6.04. The third kappa shape index (κ3) is 2.33. The van der Waals surface area contributed by atoms with E-state index in [1.54, 1.807) is 35.4 Å². The SMILES string of the molecule is Cn1c(=O)n(C)c2cc(C(=O)c3csc(Br)c3)c(Br)cc21. The maximum atomic E-state index is 12.6. The Morgan fingerprint density at radius 1 is 1.10 bits per heavy atom. The number of carbonyl (C=O) groups excluding carboxylic acids is 1. The Balaban J connectivity index is 2.24. The number of halogens is 2. The molecule has 0 atom stereocenters. The molecule has 0 saturated heterocycles. The van der Waals surface area contributed by atoms with Crippen molar-refractivity contribution in [2.75, 3.05) is 0 Å². The molecule has 0 spiro atoms. The average molecular weight is 430 g/mol. The molecule has 2 heterocycles. The van der Waals surface area contributed by atoms with E-state index in [9.17, 15) is 9.59 Å². The molecule has 1 aromatic carbocycles. The Labute approximate surface area is 141 Å². The van der Waals surface area contributed by atoms with Gasteiger partial charge < -0.3 is 0 Å². The number of aromatic nitrogens is 2. The number of rotatable bonds is 2. The van der Waals surface area contributed by atoms with Gasteiger partial charge in [-0.1, -0.05) is 0 Å². The number of fused-ring (bicyclic) bond motifs is 1. The topological polar surface area (TPSA) is 44.0 Å². The summed E-state index contributed by atoms with van der Waals surface area (Å²) >= 11 is 8.27. The van der Waals surface area contributed by atoms with Crippen molar-refractivity contribution in [3.05, 3.63) is 53.4 Å². The molecule has 0 radical (unpaired) electrons. The van der Waals surface area contributed by atoms with Crippen molar-refractivity contribution in [3.8, 4) is 0 Å². The molecule has 21 heavy (non-hydrogen) atoms. The van der Waals surface area contributed by atoms with Crippen molar-refractivity contribution in [1.29, 1.82) is 0 Å². The number of hydrogen-bond donors (Lipinski definition) is 0. The highest BCUT2D eigenvalue weighted by Crippen LogP contribution is 2.28. The van der Waals surface area contributed by atoms with Crippen molar-refractivity contribution in [1.82, 2.24) is 9.13 Å². The van der Waals surface area contributed by atoms with E-state index < -0.39 is 0 Å². The van der Waals surface area contributed by atoms with Crippen LogP contribution in [0, 0.1) is 0 Å². The largest absolute Gasteiger partial charge is 0.328 e. The summed E-state index contributed by atoms with van der Waals surface area (Å²) < 4.78 is 4.70. The maximum Gasteiger partial charge on any atom is 0.328 e. The van der Waals surface area contributed by atoms with Crippen LogP contribution in [-0.4, -0.2) is 14.9 Å². The Kier molecular flexibility index (Phi) is 3.67. The second-order valence-corrected chi connectivity index (χ2v) is 7.83. The molecular formula is C14H10Br2N2O2S. The lowest BCUT2D eigenvalue weighted by Gasteiger charge is -2.04. The van der Waals surface area contributed by atoms with E-state index in [4.69, 9.17) is 0 Å². The van der Waals surface area contributed by atoms with Crippen molar-refractivity contribution in [3.63, 3.8) is 0 Å². The quantitative estimate of drug-likeness (QED) is 0.583. The van der Waals surface area contributed by atoms with Crippen LogP contribution in [0.2, 0.25) is 0 Å². The number of thiophene rings is 1. The van der Waals surface area contributed by atoms with Gasteiger partial charge in [0.15, 0.2) is 5.78 Å². The van der Waals surface area contributed by atoms with Gasteiger partial charge in [-0.2, -0.15) is 0 Å². The zero-order valence-corrected chi connectivity index (χ0v) is 15.2. The minimum atomic E-state index is -0.111. The standard InChI is InChI=1S/C14H10Br2N2O2S/c1-17-10-4-8(13(19)7-3-12(16)21-6-7)9(15)5-11(10)18(2)14(17)20/h3-6H,1-2H3. The van der Waals surface area contributed by atoms with Crippen LogP contribution >= 0.6 is 43.2 Å². The first-order chi connectivity index (χ1) is 9.90. The predicted octanol–water partition coefficient (Wildman–Crippen LogP) is 3.69. The fourth-order valence-electron chi connectivity index (χ4n) is 2.28. The van der Waals surface area contributed by atoms with Crippen LogP contribution in [0.15, 0.2) is 36.6 Å². The molecule has 0 aliphatic heterocycles. The highest BCUT2D eigenvalue weighted by Gasteiger charge is 2.18. The van der Waals surface area contributed by atoms with Crippen molar-refractivity contribution in [2.45, 2.75) is 0 Å². The van der Waals surface area contributed by atoms with E-state index in [1.807, 2.05) is 11.4 Å². The van der Waals surface area contributed by atoms with Crippen LogP contribution in [-0.2, 0) is 14.1 Å². The number of carbonyl (C=O) groups is 1. The third-order valence-electron chi connectivity index (χ3n) is 3.44. The lowest BCUT2D eigenvalue weighted by atomic mass is 10.1. The molecule has 3 aromatic rings. The van der Waals surface area contributed by atoms with Gasteiger partial charge in [0.05, 0.1) is 14.8 Å². The average Bonchev–Trinajstić information content (AvgIpc) is 2.97. The zero-order chi connectivity index (χ0) is 15.3. The van der Waals surface area contributed by atoms with Gasteiger partial charge in [0.25, 0.3) is 0 Å². The Hall–Kier alpha value is -1.18. The van der Waals surface area contributed by atoms with Crippen molar-refractivity contribution in [2.24, 2.45) is 14.1 Å². The molecule has 7 heteroatoms. The molecule has 4 nitrogen and oxygen atoms in total. The summed E-state index contributed by atoms with van der Waals surface area (Å²) in [7, 11) is 3.42. The number of hydrogen-bond acceptors (Lipinski definition) is 3. The van der Waals surface area contributed by atoms with Gasteiger partial charge in [-0.3, -0.25) is 13.9 Å². The maximum absolute atomic E-state index is 12.6. The molecule has 0 aliphatic carbocycles. The van der Waals surface area contributed by atoms with Crippen molar-refractivity contribution >= 4 is 60.0 Å². The summed E-state index contributed by atoms with van der Waals surface area (Å²) in [6, 6.07) is 5.37. The fraction of sp³-hybridized carbons (Fsp3) is 0.143. The minimum Gasteiger partial charge on any atom is -0.295 e. The summed E-state index contributed by atoms with van der Waals surface area (Å²) in [6.07, 6.45) is 0. The second-order valence-electron chi connectivity index (χ2n) is 4.69. The first-order valence-corrected chi connectivity index (χ1v) is 8.50. The van der Waals surface area contributed by atoms with Gasteiger partial charge in [0, 0.05) is 35.1 Å². The molecule has 0 N–H and O–H groups in total. The highest BCUT2D eigenvalue weighted by molar-refractivity contribution is 9.11. The first kappa shape index (κ1) is 14.7. The van der Waals surface area contributed by atoms with Gasteiger partial charge in [-0.05, 0) is 50.1 Å². The molecule has 2 aromatic heterocycles. The number of benzene rings is 1. The van der Waals surface area contributed by atoms with Gasteiger partial charge in [0.1, 0.15) is 0 Å². The Bertz CT molecular complexity index is 936. The smallest absolute Gasteiger partial charge is 0.295 e. The van der Waals surface area contributed by atoms with E-state index in [2.05, 4.69) is 31.9 Å². The summed E-state index contributed by atoms with van der Waals surface area (Å²) in [4.78, 5) is 24.6. The molecule has 0 bridgehead atoms. The summed E-state index contributed by atoms with van der Waals surface area (Å²) in [5.41, 5.74) is 2.60. The number of ketones is 1. The van der Waals surface area contributed by atoms with Crippen molar-refractivity contribution < 1.29 is 4.79 Å². The molecule has 0 fully saturated rings. The Morgan fingerprint density at radius 3 is 2.29 bits per heavy atom. The normalized spacial score (nSPS) is 11.2. The number of aryl methyl sites for hydroxylation is 2. The van der Waals surface area contributed by atoms with Crippen LogP contribution < -0.4 is 5.69 Å². The van der Waals surface area contributed by atoms with Crippen LogP contribution in [0.3, 0.4) is 0 Å². The molecule has 108 valence electrons. The third-order valence-corrected chi connectivity index (χ3v) is 5.60. The molecular weight excluding hydrogens is 420 g/mol.